The van der Waals surface area contributed by atoms with Crippen molar-refractivity contribution in [1.82, 2.24) is 5.32 Å². The van der Waals surface area contributed by atoms with Gasteiger partial charge in [0.15, 0.2) is 0 Å². The highest BCUT2D eigenvalue weighted by Crippen LogP contribution is 2.20. The highest BCUT2D eigenvalue weighted by Gasteiger charge is 2.08. The lowest BCUT2D eigenvalue weighted by molar-refractivity contribution is 0.335. The van der Waals surface area contributed by atoms with Crippen LogP contribution in [0.3, 0.4) is 0 Å². The Hall–Kier alpha value is -1.02. The summed E-state index contributed by atoms with van der Waals surface area (Å²) in [6.45, 7) is 8.36. The summed E-state index contributed by atoms with van der Waals surface area (Å²) in [6, 6.07) is 9.01. The van der Waals surface area contributed by atoms with Crippen molar-refractivity contribution in [2.45, 2.75) is 52.5 Å². The lowest BCUT2D eigenvalue weighted by Crippen LogP contribution is -2.29. The molecule has 0 amide bonds. The lowest BCUT2D eigenvalue weighted by Gasteiger charge is -2.17. The minimum Gasteiger partial charge on any atom is -0.494 e. The van der Waals surface area contributed by atoms with E-state index in [1.807, 2.05) is 13.0 Å². The Bertz CT molecular complexity index is 325. The number of hydrogen-bond acceptors (Lipinski definition) is 2. The van der Waals surface area contributed by atoms with E-state index in [2.05, 4.69) is 37.4 Å². The highest BCUT2D eigenvalue weighted by molar-refractivity contribution is 5.33. The van der Waals surface area contributed by atoms with E-state index < -0.39 is 0 Å². The summed E-state index contributed by atoms with van der Waals surface area (Å²) in [6.07, 6.45) is 4.66. The van der Waals surface area contributed by atoms with Gasteiger partial charge in [0.25, 0.3) is 0 Å². The zero-order valence-electron chi connectivity index (χ0n) is 12.0. The summed E-state index contributed by atoms with van der Waals surface area (Å²) < 4.78 is 5.66. The number of aryl methyl sites for hydroxylation is 1. The van der Waals surface area contributed by atoms with E-state index in [9.17, 15) is 0 Å². The first-order valence-corrected chi connectivity index (χ1v) is 7.25. The van der Waals surface area contributed by atoms with Crippen molar-refractivity contribution in [1.29, 1.82) is 0 Å². The topological polar surface area (TPSA) is 21.3 Å². The van der Waals surface area contributed by atoms with Gasteiger partial charge in [-0.25, -0.2) is 0 Å². The van der Waals surface area contributed by atoms with Gasteiger partial charge >= 0.3 is 0 Å². The van der Waals surface area contributed by atoms with Crippen LogP contribution in [0.25, 0.3) is 0 Å². The van der Waals surface area contributed by atoms with Crippen LogP contribution in [-0.2, 0) is 6.42 Å². The minimum atomic E-state index is 0.625. The summed E-state index contributed by atoms with van der Waals surface area (Å²) in [5, 5.41) is 3.60. The summed E-state index contributed by atoms with van der Waals surface area (Å²) in [5.41, 5.74) is 1.33. The molecule has 0 aliphatic rings. The second-order valence-electron chi connectivity index (χ2n) is 4.64. The van der Waals surface area contributed by atoms with Crippen molar-refractivity contribution in [3.05, 3.63) is 29.8 Å². The van der Waals surface area contributed by atoms with Crippen molar-refractivity contribution >= 4 is 0 Å². The van der Waals surface area contributed by atoms with E-state index in [4.69, 9.17) is 4.74 Å². The SMILES string of the molecule is CCCNC(CC)CCc1ccccc1OCC. The Morgan fingerprint density at radius 3 is 2.61 bits per heavy atom. The molecule has 1 atom stereocenters. The molecular formula is C16H27NO. The minimum absolute atomic E-state index is 0.625. The third-order valence-electron chi connectivity index (χ3n) is 3.21. The fourth-order valence-corrected chi connectivity index (χ4v) is 2.14. The molecule has 102 valence electrons. The van der Waals surface area contributed by atoms with Crippen molar-refractivity contribution in [3.8, 4) is 5.75 Å². The zero-order chi connectivity index (χ0) is 13.2. The predicted molar refractivity (Wildman–Crippen MR) is 78.3 cm³/mol. The molecule has 0 aliphatic heterocycles. The second kappa shape index (κ2) is 8.98. The smallest absolute Gasteiger partial charge is 0.122 e. The monoisotopic (exact) mass is 249 g/mol. The molecule has 1 unspecified atom stereocenters. The van der Waals surface area contributed by atoms with Crippen molar-refractivity contribution in [2.75, 3.05) is 13.2 Å². The van der Waals surface area contributed by atoms with E-state index in [0.717, 1.165) is 25.3 Å². The molecule has 1 aromatic rings. The van der Waals surface area contributed by atoms with Crippen LogP contribution in [0, 0.1) is 0 Å². The van der Waals surface area contributed by atoms with Gasteiger partial charge in [0.2, 0.25) is 0 Å². The van der Waals surface area contributed by atoms with E-state index in [1.165, 1.54) is 24.8 Å². The van der Waals surface area contributed by atoms with Crippen LogP contribution >= 0.6 is 0 Å². The molecule has 0 saturated carbocycles. The van der Waals surface area contributed by atoms with Gasteiger partial charge in [0, 0.05) is 6.04 Å². The molecular weight excluding hydrogens is 222 g/mol. The molecule has 1 N–H and O–H groups in total. The lowest BCUT2D eigenvalue weighted by atomic mass is 10.0. The van der Waals surface area contributed by atoms with Crippen LogP contribution in [0.4, 0.5) is 0 Å². The number of hydrogen-bond donors (Lipinski definition) is 1. The molecule has 2 nitrogen and oxygen atoms in total. The van der Waals surface area contributed by atoms with E-state index in [0.29, 0.717) is 6.04 Å². The number of rotatable bonds is 9. The van der Waals surface area contributed by atoms with Gasteiger partial charge in [0.1, 0.15) is 5.75 Å². The van der Waals surface area contributed by atoms with Gasteiger partial charge in [0.05, 0.1) is 6.61 Å². The van der Waals surface area contributed by atoms with E-state index >= 15 is 0 Å². The molecule has 0 fully saturated rings. The van der Waals surface area contributed by atoms with Gasteiger partial charge in [-0.05, 0) is 50.8 Å². The first-order valence-electron chi connectivity index (χ1n) is 7.25. The first kappa shape index (κ1) is 15.0. The first-order chi connectivity index (χ1) is 8.81. The summed E-state index contributed by atoms with van der Waals surface area (Å²) in [7, 11) is 0. The maximum atomic E-state index is 5.66. The predicted octanol–water partition coefficient (Wildman–Crippen LogP) is 3.80. The standard InChI is InChI=1S/C16H27NO/c1-4-13-17-15(5-2)12-11-14-9-7-8-10-16(14)18-6-3/h7-10,15,17H,4-6,11-13H2,1-3H3. The van der Waals surface area contributed by atoms with Gasteiger partial charge in [-0.2, -0.15) is 0 Å². The second-order valence-corrected chi connectivity index (χ2v) is 4.64. The molecule has 0 saturated heterocycles. The van der Waals surface area contributed by atoms with Crippen LogP contribution < -0.4 is 10.1 Å². The zero-order valence-corrected chi connectivity index (χ0v) is 12.0. The Morgan fingerprint density at radius 2 is 1.94 bits per heavy atom. The molecule has 18 heavy (non-hydrogen) atoms. The van der Waals surface area contributed by atoms with Crippen LogP contribution in [0.2, 0.25) is 0 Å². The van der Waals surface area contributed by atoms with Gasteiger partial charge in [-0.15, -0.1) is 0 Å². The fourth-order valence-electron chi connectivity index (χ4n) is 2.14. The normalized spacial score (nSPS) is 12.4. The summed E-state index contributed by atoms with van der Waals surface area (Å²) >= 11 is 0. The molecule has 1 aromatic carbocycles. The Morgan fingerprint density at radius 1 is 1.17 bits per heavy atom. The van der Waals surface area contributed by atoms with Crippen LogP contribution in [0.1, 0.15) is 45.6 Å². The average molecular weight is 249 g/mol. The number of benzene rings is 1. The molecule has 0 aromatic heterocycles. The average Bonchev–Trinajstić information content (AvgIpc) is 2.41. The van der Waals surface area contributed by atoms with Gasteiger partial charge in [-0.3, -0.25) is 0 Å². The van der Waals surface area contributed by atoms with Crippen molar-refractivity contribution in [2.24, 2.45) is 0 Å². The maximum absolute atomic E-state index is 5.66. The number of nitrogens with one attached hydrogen (secondary N) is 1. The Kier molecular flexibility index (Phi) is 7.51. The third-order valence-corrected chi connectivity index (χ3v) is 3.21. The molecule has 0 heterocycles. The van der Waals surface area contributed by atoms with Crippen molar-refractivity contribution in [3.63, 3.8) is 0 Å². The molecule has 0 spiro atoms. The number of ether oxygens (including phenoxy) is 1. The summed E-state index contributed by atoms with van der Waals surface area (Å²) in [5.74, 6) is 1.05. The van der Waals surface area contributed by atoms with Gasteiger partial charge < -0.3 is 10.1 Å². The van der Waals surface area contributed by atoms with E-state index in [1.54, 1.807) is 0 Å². The maximum Gasteiger partial charge on any atom is 0.122 e. The van der Waals surface area contributed by atoms with Crippen LogP contribution in [-0.4, -0.2) is 19.2 Å². The molecule has 1 rings (SSSR count). The van der Waals surface area contributed by atoms with Gasteiger partial charge in [-0.1, -0.05) is 32.0 Å². The molecule has 0 bridgehead atoms. The largest absolute Gasteiger partial charge is 0.494 e. The third kappa shape index (κ3) is 5.09. The number of para-hydroxylation sites is 1. The molecule has 0 aliphatic carbocycles. The van der Waals surface area contributed by atoms with Crippen molar-refractivity contribution < 1.29 is 4.74 Å². The van der Waals surface area contributed by atoms with E-state index in [-0.39, 0.29) is 0 Å². The summed E-state index contributed by atoms with van der Waals surface area (Å²) in [4.78, 5) is 0. The quantitative estimate of drug-likeness (QED) is 0.719. The Labute approximate surface area is 112 Å². The highest BCUT2D eigenvalue weighted by atomic mass is 16.5. The fraction of sp³-hybridized carbons (Fsp3) is 0.625. The molecule has 0 radical (unpaired) electrons. The van der Waals surface area contributed by atoms with Crippen LogP contribution in [0.5, 0.6) is 5.75 Å². The Balaban J connectivity index is 2.50. The van der Waals surface area contributed by atoms with Crippen LogP contribution in [0.15, 0.2) is 24.3 Å². The molecule has 2 heteroatoms.